The van der Waals surface area contributed by atoms with Crippen LogP contribution in [0.4, 0.5) is 0 Å². The molecule has 1 aromatic rings. The third-order valence-corrected chi connectivity index (χ3v) is 3.37. The van der Waals surface area contributed by atoms with Gasteiger partial charge >= 0.3 is 5.35 Å². The van der Waals surface area contributed by atoms with Gasteiger partial charge in [0.1, 0.15) is 0 Å². The summed E-state index contributed by atoms with van der Waals surface area (Å²) >= 11 is 5.70. The highest BCUT2D eigenvalue weighted by atomic mass is 35.5. The molecular weight excluding hydrogens is 212 g/mol. The van der Waals surface area contributed by atoms with Crippen molar-refractivity contribution >= 4 is 11.6 Å². The number of aromatic nitrogens is 2. The summed E-state index contributed by atoms with van der Waals surface area (Å²) in [6, 6.07) is 0. The monoisotopic (exact) mass is 228 g/mol. The number of nitrogens with zero attached hydrogens (tertiary/aromatic N) is 2. The van der Waals surface area contributed by atoms with E-state index in [1.165, 1.54) is 12.8 Å². The third-order valence-electron chi connectivity index (χ3n) is 3.21. The van der Waals surface area contributed by atoms with Crippen molar-refractivity contribution in [3.63, 3.8) is 0 Å². The largest absolute Gasteiger partial charge is 0.412 e. The molecule has 0 aromatic carbocycles. The summed E-state index contributed by atoms with van der Waals surface area (Å²) < 4.78 is 5.41. The van der Waals surface area contributed by atoms with Crippen LogP contribution < -0.4 is 0 Å². The number of rotatable bonds is 3. The fourth-order valence-electron chi connectivity index (χ4n) is 2.76. The average Bonchev–Trinajstić information content (AvgIpc) is 2.73. The molecule has 0 spiro atoms. The minimum Gasteiger partial charge on any atom is -0.412 e. The van der Waals surface area contributed by atoms with Gasteiger partial charge in [0.2, 0.25) is 5.89 Å². The normalized spacial score (nSPS) is 20.0. The summed E-state index contributed by atoms with van der Waals surface area (Å²) in [5, 5.41) is 8.00. The maximum Gasteiger partial charge on any atom is 0.312 e. The van der Waals surface area contributed by atoms with Crippen LogP contribution in [0.1, 0.15) is 51.8 Å². The Hall–Kier alpha value is -0.570. The molecule has 0 bridgehead atoms. The Morgan fingerprint density at radius 1 is 1.33 bits per heavy atom. The molecule has 84 valence electrons. The van der Waals surface area contributed by atoms with Gasteiger partial charge in [-0.1, -0.05) is 31.8 Å². The zero-order chi connectivity index (χ0) is 10.9. The van der Waals surface area contributed by atoms with E-state index in [0.717, 1.165) is 25.2 Å². The van der Waals surface area contributed by atoms with Crippen LogP contribution in [0.3, 0.4) is 0 Å². The van der Waals surface area contributed by atoms with Crippen LogP contribution in [-0.2, 0) is 5.41 Å². The van der Waals surface area contributed by atoms with Gasteiger partial charge in [-0.25, -0.2) is 0 Å². The first-order valence-corrected chi connectivity index (χ1v) is 6.00. The Balaban J connectivity index is 2.26. The molecule has 0 amide bonds. The molecule has 0 N–H and O–H groups in total. The molecule has 0 radical (unpaired) electrons. The maximum absolute atomic E-state index is 5.70. The molecular formula is C11H17ClN2O. The quantitative estimate of drug-likeness (QED) is 0.794. The molecule has 0 aliphatic heterocycles. The van der Waals surface area contributed by atoms with Crippen molar-refractivity contribution in [2.45, 2.75) is 51.4 Å². The standard InChI is InChI=1S/C11H17ClN2O/c1-8(2)7-11(5-3-4-6-11)9-13-14-10(12)15-9/h8H,3-7H2,1-2H3. The fraction of sp³-hybridized carbons (Fsp3) is 0.818. The predicted molar refractivity (Wildman–Crippen MR) is 58.9 cm³/mol. The molecule has 3 nitrogen and oxygen atoms in total. The third kappa shape index (κ3) is 2.17. The second-order valence-corrected chi connectivity index (χ2v) is 5.27. The van der Waals surface area contributed by atoms with Crippen molar-refractivity contribution < 1.29 is 4.42 Å². The number of halogens is 1. The lowest BCUT2D eigenvalue weighted by atomic mass is 9.78. The zero-order valence-electron chi connectivity index (χ0n) is 9.29. The van der Waals surface area contributed by atoms with Crippen molar-refractivity contribution in [2.24, 2.45) is 5.92 Å². The van der Waals surface area contributed by atoms with E-state index in [1.807, 2.05) is 0 Å². The molecule has 1 heterocycles. The molecule has 1 fully saturated rings. The molecule has 0 saturated heterocycles. The van der Waals surface area contributed by atoms with E-state index in [2.05, 4.69) is 24.0 Å². The summed E-state index contributed by atoms with van der Waals surface area (Å²) in [6.07, 6.45) is 5.94. The van der Waals surface area contributed by atoms with E-state index in [1.54, 1.807) is 0 Å². The minimum atomic E-state index is 0.105. The van der Waals surface area contributed by atoms with Crippen LogP contribution >= 0.6 is 11.6 Å². The predicted octanol–water partition coefficient (Wildman–Crippen LogP) is 3.58. The summed E-state index contributed by atoms with van der Waals surface area (Å²) in [6.45, 7) is 4.47. The highest BCUT2D eigenvalue weighted by Crippen LogP contribution is 2.45. The molecule has 1 aliphatic rings. The van der Waals surface area contributed by atoms with Gasteiger partial charge in [0.15, 0.2) is 0 Å². The second-order valence-electron chi connectivity index (χ2n) is 4.95. The lowest BCUT2D eigenvalue weighted by Gasteiger charge is -2.26. The molecule has 4 heteroatoms. The van der Waals surface area contributed by atoms with Crippen LogP contribution in [0.15, 0.2) is 4.42 Å². The molecule has 2 rings (SSSR count). The molecule has 1 aliphatic carbocycles. The minimum absolute atomic E-state index is 0.105. The topological polar surface area (TPSA) is 38.9 Å². The Bertz CT molecular complexity index is 329. The molecule has 0 unspecified atom stereocenters. The fourth-order valence-corrected chi connectivity index (χ4v) is 2.87. The highest BCUT2D eigenvalue weighted by Gasteiger charge is 2.40. The summed E-state index contributed by atoms with van der Waals surface area (Å²) in [5.74, 6) is 1.40. The average molecular weight is 229 g/mol. The number of hydrogen-bond acceptors (Lipinski definition) is 3. The van der Waals surface area contributed by atoms with Gasteiger partial charge < -0.3 is 4.42 Å². The number of hydrogen-bond donors (Lipinski definition) is 0. The Kier molecular flexibility index (Phi) is 3.01. The van der Waals surface area contributed by atoms with E-state index in [4.69, 9.17) is 16.0 Å². The van der Waals surface area contributed by atoms with E-state index >= 15 is 0 Å². The summed E-state index contributed by atoms with van der Waals surface area (Å²) in [5.41, 5.74) is 0.105. The molecule has 1 aromatic heterocycles. The Morgan fingerprint density at radius 3 is 2.47 bits per heavy atom. The van der Waals surface area contributed by atoms with Crippen LogP contribution in [0, 0.1) is 5.92 Å². The Morgan fingerprint density at radius 2 is 2.00 bits per heavy atom. The first kappa shape index (κ1) is 10.9. The molecule has 0 atom stereocenters. The summed E-state index contributed by atoms with van der Waals surface area (Å²) in [4.78, 5) is 0. The smallest absolute Gasteiger partial charge is 0.312 e. The first-order valence-electron chi connectivity index (χ1n) is 5.62. The molecule has 1 saturated carbocycles. The van der Waals surface area contributed by atoms with Gasteiger partial charge in [-0.3, -0.25) is 0 Å². The van der Waals surface area contributed by atoms with Crippen molar-refractivity contribution in [3.8, 4) is 0 Å². The SMILES string of the molecule is CC(C)CC1(c2nnc(Cl)o2)CCCC1. The maximum atomic E-state index is 5.70. The van der Waals surface area contributed by atoms with Crippen LogP contribution in [0.25, 0.3) is 0 Å². The van der Waals surface area contributed by atoms with Crippen molar-refractivity contribution in [1.29, 1.82) is 0 Å². The van der Waals surface area contributed by atoms with Crippen molar-refractivity contribution in [2.75, 3.05) is 0 Å². The lowest BCUT2D eigenvalue weighted by Crippen LogP contribution is -2.24. The van der Waals surface area contributed by atoms with Gasteiger partial charge in [0.05, 0.1) is 0 Å². The van der Waals surface area contributed by atoms with Crippen molar-refractivity contribution in [1.82, 2.24) is 10.2 Å². The lowest BCUT2D eigenvalue weighted by molar-refractivity contribution is 0.274. The zero-order valence-corrected chi connectivity index (χ0v) is 10.0. The highest BCUT2D eigenvalue weighted by molar-refractivity contribution is 6.27. The Labute approximate surface area is 95.2 Å². The van der Waals surface area contributed by atoms with Crippen LogP contribution in [0.2, 0.25) is 5.35 Å². The summed E-state index contributed by atoms with van der Waals surface area (Å²) in [7, 11) is 0. The van der Waals surface area contributed by atoms with Gasteiger partial charge in [-0.2, -0.15) is 0 Å². The van der Waals surface area contributed by atoms with Crippen LogP contribution in [-0.4, -0.2) is 10.2 Å². The van der Waals surface area contributed by atoms with Gasteiger partial charge in [-0.05, 0) is 36.8 Å². The van der Waals surface area contributed by atoms with Crippen molar-refractivity contribution in [3.05, 3.63) is 11.2 Å². The molecule has 15 heavy (non-hydrogen) atoms. The van der Waals surface area contributed by atoms with E-state index in [-0.39, 0.29) is 10.8 Å². The van der Waals surface area contributed by atoms with Gasteiger partial charge in [0.25, 0.3) is 0 Å². The van der Waals surface area contributed by atoms with Gasteiger partial charge in [0, 0.05) is 5.41 Å². The second kappa shape index (κ2) is 4.12. The van der Waals surface area contributed by atoms with E-state index in [9.17, 15) is 0 Å². The van der Waals surface area contributed by atoms with Gasteiger partial charge in [-0.15, -0.1) is 5.10 Å². The van der Waals surface area contributed by atoms with E-state index in [0.29, 0.717) is 5.92 Å². The van der Waals surface area contributed by atoms with E-state index < -0.39 is 0 Å². The van der Waals surface area contributed by atoms with Crippen LogP contribution in [0.5, 0.6) is 0 Å². The first-order chi connectivity index (χ1) is 7.12.